The first kappa shape index (κ1) is 23.9. The van der Waals surface area contributed by atoms with Crippen molar-refractivity contribution in [3.63, 3.8) is 0 Å². The zero-order chi connectivity index (χ0) is 19.8. The predicted octanol–water partition coefficient (Wildman–Crippen LogP) is 3.74. The molecule has 0 aromatic heterocycles. The minimum atomic E-state index is -0.796. The van der Waals surface area contributed by atoms with Crippen molar-refractivity contribution >= 4 is 17.9 Å². The molecule has 0 aromatic carbocycles. The number of rotatable bonds is 15. The van der Waals surface area contributed by atoms with Crippen LogP contribution in [-0.4, -0.2) is 37.7 Å². The van der Waals surface area contributed by atoms with Crippen LogP contribution in [0.4, 0.5) is 0 Å². The lowest BCUT2D eigenvalue weighted by Gasteiger charge is -2.30. The summed E-state index contributed by atoms with van der Waals surface area (Å²) in [6.07, 6.45) is 8.15. The Morgan fingerprint density at radius 2 is 1.31 bits per heavy atom. The van der Waals surface area contributed by atoms with Crippen LogP contribution in [0.25, 0.3) is 0 Å². The number of hydrogen-bond donors (Lipinski definition) is 0. The van der Waals surface area contributed by atoms with Gasteiger partial charge in [-0.05, 0) is 12.8 Å². The third-order valence-electron chi connectivity index (χ3n) is 4.15. The molecule has 0 radical (unpaired) electrons. The number of hydrogen-bond acceptors (Lipinski definition) is 6. The maximum atomic E-state index is 12.0. The van der Waals surface area contributed by atoms with Crippen LogP contribution in [0, 0.1) is 5.41 Å². The van der Waals surface area contributed by atoms with Gasteiger partial charge in [0.1, 0.15) is 19.8 Å². The van der Waals surface area contributed by atoms with Crippen LogP contribution < -0.4 is 0 Å². The summed E-state index contributed by atoms with van der Waals surface area (Å²) >= 11 is 0. The first-order valence-electron chi connectivity index (χ1n) is 9.17. The van der Waals surface area contributed by atoms with Crippen molar-refractivity contribution in [2.45, 2.75) is 58.8 Å². The highest BCUT2D eigenvalue weighted by molar-refractivity contribution is 5.81. The number of carbonyl (C=O) groups is 3. The van der Waals surface area contributed by atoms with E-state index in [4.69, 9.17) is 14.2 Å². The molecular formula is C20H32O6. The second-order valence-corrected chi connectivity index (χ2v) is 6.30. The van der Waals surface area contributed by atoms with Gasteiger partial charge in [-0.15, -0.1) is 0 Å². The van der Waals surface area contributed by atoms with Gasteiger partial charge in [0, 0.05) is 18.6 Å². The summed E-state index contributed by atoms with van der Waals surface area (Å²) in [5, 5.41) is 0. The highest BCUT2D eigenvalue weighted by atomic mass is 16.6. The molecule has 0 aliphatic carbocycles. The van der Waals surface area contributed by atoms with Crippen molar-refractivity contribution in [1.29, 1.82) is 0 Å². The summed E-state index contributed by atoms with van der Waals surface area (Å²) in [5.41, 5.74) is -0.796. The summed E-state index contributed by atoms with van der Waals surface area (Å²) < 4.78 is 15.6. The normalized spacial score (nSPS) is 10.7. The maximum absolute atomic E-state index is 12.0. The number of ether oxygens (including phenoxy) is 3. The van der Waals surface area contributed by atoms with E-state index in [2.05, 4.69) is 20.1 Å². The molecule has 0 fully saturated rings. The summed E-state index contributed by atoms with van der Waals surface area (Å²) in [6, 6.07) is 0. The lowest BCUT2D eigenvalue weighted by atomic mass is 9.88. The van der Waals surface area contributed by atoms with Crippen LogP contribution in [0.2, 0.25) is 0 Å². The van der Waals surface area contributed by atoms with Gasteiger partial charge in [-0.1, -0.05) is 52.7 Å². The van der Waals surface area contributed by atoms with E-state index in [9.17, 15) is 14.4 Å². The molecule has 0 saturated heterocycles. The van der Waals surface area contributed by atoms with Crippen LogP contribution >= 0.6 is 0 Å². The molecular weight excluding hydrogens is 336 g/mol. The molecule has 0 aromatic rings. The Hall–Kier alpha value is -2.11. The molecule has 6 heteroatoms. The zero-order valence-corrected chi connectivity index (χ0v) is 16.1. The topological polar surface area (TPSA) is 78.9 Å². The van der Waals surface area contributed by atoms with Crippen LogP contribution in [0.5, 0.6) is 0 Å². The van der Waals surface area contributed by atoms with Gasteiger partial charge in [0.2, 0.25) is 0 Å². The Morgan fingerprint density at radius 1 is 0.808 bits per heavy atom. The van der Waals surface area contributed by atoms with Crippen LogP contribution in [0.15, 0.2) is 25.3 Å². The molecule has 0 amide bonds. The first-order valence-corrected chi connectivity index (χ1v) is 9.17. The van der Waals surface area contributed by atoms with Gasteiger partial charge in [-0.3, -0.25) is 4.79 Å². The fourth-order valence-electron chi connectivity index (χ4n) is 2.18. The minimum Gasteiger partial charge on any atom is -0.465 e. The Balaban J connectivity index is 4.62. The molecule has 0 bridgehead atoms. The Bertz CT molecular complexity index is 445. The second-order valence-electron chi connectivity index (χ2n) is 6.30. The van der Waals surface area contributed by atoms with E-state index in [0.717, 1.165) is 44.3 Å². The van der Waals surface area contributed by atoms with Crippen molar-refractivity contribution in [2.75, 3.05) is 19.8 Å². The van der Waals surface area contributed by atoms with Gasteiger partial charge in [0.25, 0.3) is 0 Å². The van der Waals surface area contributed by atoms with Gasteiger partial charge in [-0.2, -0.15) is 0 Å². The van der Waals surface area contributed by atoms with Gasteiger partial charge >= 0.3 is 17.9 Å². The first-order chi connectivity index (χ1) is 12.4. The molecule has 0 unspecified atom stereocenters. The lowest BCUT2D eigenvalue weighted by molar-refractivity contribution is -0.158. The van der Waals surface area contributed by atoms with E-state index < -0.39 is 17.4 Å². The van der Waals surface area contributed by atoms with E-state index in [1.54, 1.807) is 0 Å². The number of carbonyl (C=O) groups excluding carboxylic acids is 3. The Labute approximate surface area is 156 Å². The molecule has 26 heavy (non-hydrogen) atoms. The van der Waals surface area contributed by atoms with E-state index >= 15 is 0 Å². The fraction of sp³-hybridized carbons (Fsp3) is 0.650. The molecule has 0 N–H and O–H groups in total. The van der Waals surface area contributed by atoms with Crippen molar-refractivity contribution < 1.29 is 28.6 Å². The lowest BCUT2D eigenvalue weighted by Crippen LogP contribution is -2.38. The van der Waals surface area contributed by atoms with Crippen molar-refractivity contribution in [2.24, 2.45) is 5.41 Å². The second kappa shape index (κ2) is 14.1. The molecule has 0 spiro atoms. The summed E-state index contributed by atoms with van der Waals surface area (Å²) in [5.74, 6) is -1.47. The van der Waals surface area contributed by atoms with Crippen LogP contribution in [0.3, 0.4) is 0 Å². The fourth-order valence-corrected chi connectivity index (χ4v) is 2.18. The van der Waals surface area contributed by atoms with E-state index in [1.807, 2.05) is 6.92 Å². The van der Waals surface area contributed by atoms with Crippen LogP contribution in [0.1, 0.15) is 58.8 Å². The third kappa shape index (κ3) is 10.7. The van der Waals surface area contributed by atoms with Crippen molar-refractivity contribution in [3.05, 3.63) is 25.3 Å². The van der Waals surface area contributed by atoms with Gasteiger partial charge in [-0.25, -0.2) is 9.59 Å². The molecule has 148 valence electrons. The van der Waals surface area contributed by atoms with Crippen molar-refractivity contribution in [3.8, 4) is 0 Å². The minimum absolute atomic E-state index is 0.00609. The highest BCUT2D eigenvalue weighted by Crippen LogP contribution is 2.25. The smallest absolute Gasteiger partial charge is 0.330 e. The summed E-state index contributed by atoms with van der Waals surface area (Å²) in [6.45, 7) is 10.6. The third-order valence-corrected chi connectivity index (χ3v) is 4.15. The molecule has 0 rings (SSSR count). The van der Waals surface area contributed by atoms with E-state index in [-0.39, 0.29) is 25.8 Å². The average molecular weight is 368 g/mol. The number of unbranched alkanes of at least 4 members (excludes halogenated alkanes) is 4. The number of esters is 3. The van der Waals surface area contributed by atoms with Crippen molar-refractivity contribution in [1.82, 2.24) is 0 Å². The molecule has 0 aliphatic rings. The van der Waals surface area contributed by atoms with Gasteiger partial charge in [0.05, 0.1) is 5.41 Å². The predicted molar refractivity (Wildman–Crippen MR) is 99.4 cm³/mol. The maximum Gasteiger partial charge on any atom is 0.330 e. The monoisotopic (exact) mass is 368 g/mol. The van der Waals surface area contributed by atoms with Crippen LogP contribution in [-0.2, 0) is 28.6 Å². The SMILES string of the molecule is C=CC(=O)OCC(CC)(COC(=O)C=C)COC(=O)CCCCCCC. The van der Waals surface area contributed by atoms with Gasteiger partial charge in [0.15, 0.2) is 0 Å². The van der Waals surface area contributed by atoms with Gasteiger partial charge < -0.3 is 14.2 Å². The Morgan fingerprint density at radius 3 is 1.77 bits per heavy atom. The van der Waals surface area contributed by atoms with E-state index in [0.29, 0.717) is 12.8 Å². The molecule has 0 heterocycles. The summed E-state index contributed by atoms with van der Waals surface area (Å²) in [7, 11) is 0. The summed E-state index contributed by atoms with van der Waals surface area (Å²) in [4.78, 5) is 34.7. The molecule has 0 saturated carbocycles. The quantitative estimate of drug-likeness (QED) is 0.190. The Kier molecular flexibility index (Phi) is 13.0. The standard InChI is InChI=1S/C20H32O6/c1-5-9-10-11-12-13-19(23)26-16-20(8-4,14-24-17(21)6-2)15-25-18(22)7-3/h6-7H,2-3,5,8-16H2,1,4H3. The zero-order valence-electron chi connectivity index (χ0n) is 16.1. The largest absolute Gasteiger partial charge is 0.465 e. The highest BCUT2D eigenvalue weighted by Gasteiger charge is 2.33. The average Bonchev–Trinajstić information content (AvgIpc) is 2.66. The van der Waals surface area contributed by atoms with E-state index in [1.165, 1.54) is 0 Å². The molecule has 0 atom stereocenters. The molecule has 0 aliphatic heterocycles. The molecule has 6 nitrogen and oxygen atoms in total.